The Morgan fingerprint density at radius 2 is 1.86 bits per heavy atom. The molecule has 0 aliphatic heterocycles. The first-order chi connectivity index (χ1) is 9.93. The van der Waals surface area contributed by atoms with E-state index in [-0.39, 0.29) is 11.7 Å². The van der Waals surface area contributed by atoms with Gasteiger partial charge in [0, 0.05) is 45.2 Å². The molecular formula is C15H22FN3OS. The molecule has 6 heteroatoms. The van der Waals surface area contributed by atoms with Gasteiger partial charge in [-0.15, -0.1) is 0 Å². The van der Waals surface area contributed by atoms with E-state index in [0.29, 0.717) is 30.9 Å². The molecule has 0 unspecified atom stereocenters. The number of nitrogens with two attached hydrogens (primary N) is 1. The van der Waals surface area contributed by atoms with E-state index >= 15 is 0 Å². The third-order valence-corrected chi connectivity index (χ3v) is 3.49. The van der Waals surface area contributed by atoms with Gasteiger partial charge < -0.3 is 15.5 Å². The highest BCUT2D eigenvalue weighted by Crippen LogP contribution is 2.15. The van der Waals surface area contributed by atoms with Crippen LogP contribution in [0.1, 0.15) is 19.8 Å². The molecular weight excluding hydrogens is 289 g/mol. The Balaban J connectivity index is 2.49. The van der Waals surface area contributed by atoms with Crippen LogP contribution in [0, 0.1) is 5.82 Å². The van der Waals surface area contributed by atoms with Crippen LogP contribution in [0.15, 0.2) is 24.3 Å². The third-order valence-electron chi connectivity index (χ3n) is 3.29. The van der Waals surface area contributed by atoms with Crippen molar-refractivity contribution in [2.24, 2.45) is 5.73 Å². The molecule has 0 saturated heterocycles. The topological polar surface area (TPSA) is 49.6 Å². The smallest absolute Gasteiger partial charge is 0.224 e. The van der Waals surface area contributed by atoms with E-state index in [4.69, 9.17) is 18.0 Å². The lowest BCUT2D eigenvalue weighted by Crippen LogP contribution is -2.33. The van der Waals surface area contributed by atoms with Crippen molar-refractivity contribution in [2.45, 2.75) is 19.8 Å². The van der Waals surface area contributed by atoms with Crippen molar-refractivity contribution in [3.63, 3.8) is 0 Å². The van der Waals surface area contributed by atoms with Gasteiger partial charge in [0.05, 0.1) is 4.99 Å². The largest absolute Gasteiger partial charge is 0.393 e. The molecule has 0 aliphatic carbocycles. The Morgan fingerprint density at radius 3 is 2.38 bits per heavy atom. The molecule has 1 rings (SSSR count). The van der Waals surface area contributed by atoms with Gasteiger partial charge in [-0.1, -0.05) is 12.2 Å². The fourth-order valence-electron chi connectivity index (χ4n) is 1.95. The maximum atomic E-state index is 12.9. The summed E-state index contributed by atoms with van der Waals surface area (Å²) in [6, 6.07) is 6.29. The van der Waals surface area contributed by atoms with Gasteiger partial charge in [0.15, 0.2) is 0 Å². The van der Waals surface area contributed by atoms with Crippen LogP contribution < -0.4 is 10.6 Å². The highest BCUT2D eigenvalue weighted by Gasteiger charge is 2.11. The fourth-order valence-corrected chi connectivity index (χ4v) is 2.04. The van der Waals surface area contributed by atoms with E-state index in [2.05, 4.69) is 0 Å². The van der Waals surface area contributed by atoms with Crippen molar-refractivity contribution in [1.82, 2.24) is 4.90 Å². The molecule has 0 heterocycles. The van der Waals surface area contributed by atoms with Crippen molar-refractivity contribution < 1.29 is 9.18 Å². The number of amides is 1. The first kappa shape index (κ1) is 17.4. The van der Waals surface area contributed by atoms with Gasteiger partial charge in [-0.3, -0.25) is 4.79 Å². The van der Waals surface area contributed by atoms with Crippen LogP contribution in [-0.4, -0.2) is 42.5 Å². The van der Waals surface area contributed by atoms with Crippen molar-refractivity contribution in [3.05, 3.63) is 30.1 Å². The van der Waals surface area contributed by atoms with E-state index in [1.165, 1.54) is 12.1 Å². The van der Waals surface area contributed by atoms with Gasteiger partial charge in [0.1, 0.15) is 5.82 Å². The van der Waals surface area contributed by atoms with Crippen molar-refractivity contribution in [1.29, 1.82) is 0 Å². The quantitative estimate of drug-likeness (QED) is 0.748. The molecule has 1 aromatic carbocycles. The number of nitrogens with zero attached hydrogens (tertiary/aromatic N) is 2. The summed E-state index contributed by atoms with van der Waals surface area (Å²) in [6.07, 6.45) is 0.937. The van der Waals surface area contributed by atoms with E-state index in [0.717, 1.165) is 12.2 Å². The van der Waals surface area contributed by atoms with Gasteiger partial charge >= 0.3 is 0 Å². The standard InChI is InChI=1S/C15H22FN3OS/c1-3-19(13-6-4-12(16)5-7-13)11-9-15(20)18(2)10-8-14(17)21/h4-7H,3,8-11H2,1-2H3,(H2,17,21). The molecule has 4 nitrogen and oxygen atoms in total. The summed E-state index contributed by atoms with van der Waals surface area (Å²) in [4.78, 5) is 16.1. The summed E-state index contributed by atoms with van der Waals surface area (Å²) < 4.78 is 12.9. The molecule has 0 fully saturated rings. The third kappa shape index (κ3) is 6.08. The number of hydrogen-bond donors (Lipinski definition) is 1. The van der Waals surface area contributed by atoms with Crippen LogP contribution in [0.4, 0.5) is 10.1 Å². The zero-order valence-corrected chi connectivity index (χ0v) is 13.3. The molecule has 0 atom stereocenters. The van der Waals surface area contributed by atoms with Crippen molar-refractivity contribution in [2.75, 3.05) is 31.6 Å². The number of benzene rings is 1. The molecule has 1 aromatic rings. The van der Waals surface area contributed by atoms with Crippen LogP contribution in [0.2, 0.25) is 0 Å². The lowest BCUT2D eigenvalue weighted by molar-refractivity contribution is -0.129. The van der Waals surface area contributed by atoms with Crippen LogP contribution >= 0.6 is 12.2 Å². The van der Waals surface area contributed by atoms with Gasteiger partial charge in [0.2, 0.25) is 5.91 Å². The number of hydrogen-bond acceptors (Lipinski definition) is 3. The van der Waals surface area contributed by atoms with E-state index in [1.807, 2.05) is 11.8 Å². The van der Waals surface area contributed by atoms with Gasteiger partial charge in [-0.05, 0) is 31.2 Å². The number of halogens is 1. The molecule has 1 amide bonds. The number of rotatable bonds is 8. The van der Waals surface area contributed by atoms with Gasteiger partial charge in [0.25, 0.3) is 0 Å². The summed E-state index contributed by atoms with van der Waals surface area (Å²) in [6.45, 7) is 3.90. The average Bonchev–Trinajstić information content (AvgIpc) is 2.46. The predicted octanol–water partition coefficient (Wildman–Crippen LogP) is 2.18. The lowest BCUT2D eigenvalue weighted by atomic mass is 10.2. The number of carbonyl (C=O) groups excluding carboxylic acids is 1. The molecule has 0 radical (unpaired) electrons. The Kier molecular flexibility index (Phi) is 7.08. The molecule has 0 spiro atoms. The van der Waals surface area contributed by atoms with Crippen molar-refractivity contribution in [3.8, 4) is 0 Å². The number of carbonyl (C=O) groups is 1. The summed E-state index contributed by atoms with van der Waals surface area (Å²) in [7, 11) is 1.74. The second-order valence-electron chi connectivity index (χ2n) is 4.84. The second-order valence-corrected chi connectivity index (χ2v) is 5.36. The number of anilines is 1. The average molecular weight is 311 g/mol. The zero-order valence-electron chi connectivity index (χ0n) is 12.5. The van der Waals surface area contributed by atoms with Crippen LogP contribution in [0.25, 0.3) is 0 Å². The Labute approximate surface area is 130 Å². The van der Waals surface area contributed by atoms with Crippen LogP contribution in [-0.2, 0) is 4.79 Å². The zero-order chi connectivity index (χ0) is 15.8. The van der Waals surface area contributed by atoms with E-state index < -0.39 is 0 Å². The van der Waals surface area contributed by atoms with E-state index in [9.17, 15) is 9.18 Å². The molecule has 0 saturated carbocycles. The first-order valence-electron chi connectivity index (χ1n) is 6.96. The summed E-state index contributed by atoms with van der Waals surface area (Å²) in [5.74, 6) is -0.213. The summed E-state index contributed by atoms with van der Waals surface area (Å²) >= 11 is 4.80. The van der Waals surface area contributed by atoms with Crippen molar-refractivity contribution >= 4 is 28.8 Å². The minimum Gasteiger partial charge on any atom is -0.393 e. The second kappa shape index (κ2) is 8.56. The van der Waals surface area contributed by atoms with Gasteiger partial charge in [-0.25, -0.2) is 4.39 Å². The minimum atomic E-state index is -0.261. The maximum Gasteiger partial charge on any atom is 0.224 e. The molecule has 21 heavy (non-hydrogen) atoms. The Hall–Kier alpha value is -1.69. The summed E-state index contributed by atoms with van der Waals surface area (Å²) in [5, 5.41) is 0. The predicted molar refractivity (Wildman–Crippen MR) is 87.9 cm³/mol. The molecule has 0 aromatic heterocycles. The molecule has 0 aliphatic rings. The van der Waals surface area contributed by atoms with E-state index in [1.54, 1.807) is 24.1 Å². The Morgan fingerprint density at radius 1 is 1.24 bits per heavy atom. The van der Waals surface area contributed by atoms with Crippen LogP contribution in [0.5, 0.6) is 0 Å². The summed E-state index contributed by atoms with van der Waals surface area (Å²) in [5.41, 5.74) is 6.34. The monoisotopic (exact) mass is 311 g/mol. The lowest BCUT2D eigenvalue weighted by Gasteiger charge is -2.24. The van der Waals surface area contributed by atoms with Crippen LogP contribution in [0.3, 0.4) is 0 Å². The molecule has 2 N–H and O–H groups in total. The minimum absolute atomic E-state index is 0.0480. The number of thiocarbonyl (C=S) groups is 1. The maximum absolute atomic E-state index is 12.9. The normalized spacial score (nSPS) is 10.2. The SMILES string of the molecule is CCN(CCC(=O)N(C)CCC(N)=S)c1ccc(F)cc1. The molecule has 116 valence electrons. The van der Waals surface area contributed by atoms with Gasteiger partial charge in [-0.2, -0.15) is 0 Å². The Bertz CT molecular complexity index is 478. The molecule has 0 bridgehead atoms. The first-order valence-corrected chi connectivity index (χ1v) is 7.37. The highest BCUT2D eigenvalue weighted by atomic mass is 32.1. The highest BCUT2D eigenvalue weighted by molar-refractivity contribution is 7.80. The fraction of sp³-hybridized carbons (Fsp3) is 0.467.